The van der Waals surface area contributed by atoms with Crippen LogP contribution < -0.4 is 0 Å². The van der Waals surface area contributed by atoms with Crippen LogP contribution in [0.2, 0.25) is 0 Å². The third kappa shape index (κ3) is 2.43. The number of benzene rings is 1. The first-order chi connectivity index (χ1) is 12.2. The predicted molar refractivity (Wildman–Crippen MR) is 104 cm³/mol. The van der Waals surface area contributed by atoms with Crippen LogP contribution >= 0.6 is 11.8 Å². The highest BCUT2D eigenvalue weighted by Gasteiger charge is 2.61. The van der Waals surface area contributed by atoms with Crippen LogP contribution in [0.1, 0.15) is 72.4 Å². The Kier molecular flexibility index (Phi) is 3.99. The van der Waals surface area contributed by atoms with Gasteiger partial charge in [0.1, 0.15) is 0 Å². The molecule has 2 aromatic rings. The summed E-state index contributed by atoms with van der Waals surface area (Å²) < 4.78 is 0. The number of thioether (sulfide) groups is 1. The van der Waals surface area contributed by atoms with E-state index in [0.717, 1.165) is 28.9 Å². The number of rotatable bonds is 4. The van der Waals surface area contributed by atoms with Gasteiger partial charge in [-0.1, -0.05) is 56.3 Å². The van der Waals surface area contributed by atoms with Crippen molar-refractivity contribution in [2.75, 3.05) is 5.75 Å². The molecule has 2 aliphatic carbocycles. The molecule has 2 aliphatic rings. The number of carbonyl (C=O) groups is 1. The van der Waals surface area contributed by atoms with Crippen LogP contribution in [0.3, 0.4) is 0 Å². The number of carbonyl (C=O) groups excluding carboxylic acids is 1. The lowest BCUT2D eigenvalue weighted by Gasteiger charge is -2.33. The van der Waals surface area contributed by atoms with Crippen molar-refractivity contribution in [1.29, 1.82) is 0 Å². The predicted octanol–water partition coefficient (Wildman–Crippen LogP) is 4.64. The molecule has 4 nitrogen and oxygen atoms in total. The Morgan fingerprint density at radius 1 is 1.23 bits per heavy atom. The Morgan fingerprint density at radius 3 is 2.73 bits per heavy atom. The van der Waals surface area contributed by atoms with Crippen molar-refractivity contribution in [3.05, 3.63) is 46.3 Å². The summed E-state index contributed by atoms with van der Waals surface area (Å²) in [5.41, 5.74) is 5.40. The van der Waals surface area contributed by atoms with Crippen molar-refractivity contribution in [2.45, 2.75) is 63.9 Å². The van der Waals surface area contributed by atoms with Gasteiger partial charge >= 0.3 is 0 Å². The minimum Gasteiger partial charge on any atom is -0.293 e. The molecule has 1 saturated carbocycles. The third-order valence-corrected chi connectivity index (χ3v) is 7.62. The number of Topliss-reactive ketones (excluding diaryl/α,β-unsaturated/α-hetero) is 1. The van der Waals surface area contributed by atoms with Crippen LogP contribution in [0.25, 0.3) is 0 Å². The molecule has 2 bridgehead atoms. The van der Waals surface area contributed by atoms with E-state index >= 15 is 0 Å². The minimum absolute atomic E-state index is 0.0653. The van der Waals surface area contributed by atoms with Gasteiger partial charge in [-0.3, -0.25) is 4.79 Å². The summed E-state index contributed by atoms with van der Waals surface area (Å²) in [5, 5.41) is 9.45. The van der Waals surface area contributed by atoms with Gasteiger partial charge in [0.2, 0.25) is 5.16 Å². The second kappa shape index (κ2) is 5.88. The summed E-state index contributed by atoms with van der Waals surface area (Å²) in [6.45, 7) is 11.0. The highest BCUT2D eigenvalue weighted by molar-refractivity contribution is 7.99. The van der Waals surface area contributed by atoms with E-state index in [4.69, 9.17) is 4.98 Å². The molecule has 1 aromatic heterocycles. The van der Waals surface area contributed by atoms with E-state index < -0.39 is 0 Å². The zero-order chi connectivity index (χ0) is 18.7. The highest BCUT2D eigenvalue weighted by Crippen LogP contribution is 2.66. The first-order valence-electron chi connectivity index (χ1n) is 9.22. The topological polar surface area (TPSA) is 55.7 Å². The van der Waals surface area contributed by atoms with Crippen LogP contribution in [0, 0.1) is 19.3 Å². The average Bonchev–Trinajstić information content (AvgIpc) is 2.92. The normalized spacial score (nSPS) is 25.3. The second-order valence-electron chi connectivity index (χ2n) is 8.50. The van der Waals surface area contributed by atoms with E-state index in [1.54, 1.807) is 0 Å². The summed E-state index contributed by atoms with van der Waals surface area (Å²) >= 11 is 1.39. The van der Waals surface area contributed by atoms with E-state index in [9.17, 15) is 4.79 Å². The van der Waals surface area contributed by atoms with E-state index in [2.05, 4.69) is 31.0 Å². The second-order valence-corrected chi connectivity index (χ2v) is 9.45. The molecule has 0 N–H and O–H groups in total. The van der Waals surface area contributed by atoms with Crippen molar-refractivity contribution in [3.63, 3.8) is 0 Å². The maximum Gasteiger partial charge on any atom is 0.209 e. The first-order valence-corrected chi connectivity index (χ1v) is 10.2. The van der Waals surface area contributed by atoms with E-state index in [0.29, 0.717) is 16.8 Å². The van der Waals surface area contributed by atoms with Gasteiger partial charge in [0.05, 0.1) is 17.1 Å². The molecule has 0 saturated heterocycles. The Balaban J connectivity index is 1.54. The van der Waals surface area contributed by atoms with E-state index in [1.165, 1.54) is 23.7 Å². The lowest BCUT2D eigenvalue weighted by molar-refractivity contribution is 0.102. The summed E-state index contributed by atoms with van der Waals surface area (Å²) in [6, 6.07) is 5.95. The lowest BCUT2D eigenvalue weighted by Crippen LogP contribution is -2.32. The summed E-state index contributed by atoms with van der Waals surface area (Å²) in [6.07, 6.45) is 2.33. The van der Waals surface area contributed by atoms with Gasteiger partial charge in [-0.05, 0) is 37.7 Å². The first kappa shape index (κ1) is 17.7. The van der Waals surface area contributed by atoms with Crippen LogP contribution in [0.4, 0.5) is 0 Å². The van der Waals surface area contributed by atoms with Gasteiger partial charge in [-0.15, -0.1) is 5.10 Å². The minimum atomic E-state index is 0.0653. The van der Waals surface area contributed by atoms with Crippen molar-refractivity contribution in [1.82, 2.24) is 15.2 Å². The number of nitrogens with zero attached hydrogens (tertiary/aromatic N) is 3. The van der Waals surface area contributed by atoms with Crippen molar-refractivity contribution < 1.29 is 4.79 Å². The Bertz CT molecular complexity index is 908. The van der Waals surface area contributed by atoms with E-state index in [1.807, 2.05) is 32.0 Å². The third-order valence-electron chi connectivity index (χ3n) is 6.79. The smallest absolute Gasteiger partial charge is 0.209 e. The average molecular weight is 368 g/mol. The highest BCUT2D eigenvalue weighted by atomic mass is 32.2. The number of hydrogen-bond acceptors (Lipinski definition) is 5. The molecule has 1 fully saturated rings. The zero-order valence-corrected chi connectivity index (χ0v) is 16.9. The van der Waals surface area contributed by atoms with Gasteiger partial charge in [-0.25, -0.2) is 4.98 Å². The maximum atomic E-state index is 12.6. The summed E-state index contributed by atoms with van der Waals surface area (Å²) in [7, 11) is 0. The van der Waals surface area contributed by atoms with Crippen LogP contribution in [-0.2, 0) is 5.41 Å². The molecule has 4 rings (SSSR count). The molecule has 1 aromatic carbocycles. The zero-order valence-electron chi connectivity index (χ0n) is 16.1. The quantitative estimate of drug-likeness (QED) is 0.582. The SMILES string of the molecule is Cc1ccc(C(=O)CSc2nnc3c(n2)C2(C)CCC3C2(C)C)c(C)c1. The van der Waals surface area contributed by atoms with Gasteiger partial charge in [0, 0.05) is 16.9 Å². The lowest BCUT2D eigenvalue weighted by atomic mass is 9.70. The molecule has 26 heavy (non-hydrogen) atoms. The number of ketones is 1. The number of aryl methyl sites for hydroxylation is 2. The molecule has 5 heteroatoms. The van der Waals surface area contributed by atoms with Gasteiger partial charge in [0.15, 0.2) is 5.78 Å². The molecule has 0 aliphatic heterocycles. The fraction of sp³-hybridized carbons (Fsp3) is 0.524. The molecule has 0 amide bonds. The maximum absolute atomic E-state index is 12.6. The molecular weight excluding hydrogens is 342 g/mol. The standard InChI is InChI=1S/C21H25N3OS/c1-12-6-7-14(13(2)10-12)16(25)11-26-19-22-18-17(23-24-19)15-8-9-21(18,5)20(15,3)4/h6-7,10,15H,8-9,11H2,1-5H3. The molecule has 2 atom stereocenters. The Hall–Kier alpha value is -1.75. The molecule has 0 spiro atoms. The van der Waals surface area contributed by atoms with Crippen molar-refractivity contribution in [2.24, 2.45) is 5.41 Å². The van der Waals surface area contributed by atoms with Gasteiger partial charge in [0.25, 0.3) is 0 Å². The molecular formula is C21H25N3OS. The summed E-state index contributed by atoms with van der Waals surface area (Å²) in [5.74, 6) is 0.913. The van der Waals surface area contributed by atoms with Gasteiger partial charge < -0.3 is 0 Å². The monoisotopic (exact) mass is 367 g/mol. The number of aromatic nitrogens is 3. The van der Waals surface area contributed by atoms with Crippen LogP contribution in [-0.4, -0.2) is 26.7 Å². The Labute approximate surface area is 159 Å². The van der Waals surface area contributed by atoms with Gasteiger partial charge in [-0.2, -0.15) is 5.10 Å². The molecule has 2 unspecified atom stereocenters. The van der Waals surface area contributed by atoms with Crippen LogP contribution in [0.5, 0.6) is 0 Å². The fourth-order valence-corrected chi connectivity index (χ4v) is 5.43. The summed E-state index contributed by atoms with van der Waals surface area (Å²) in [4.78, 5) is 17.4. The van der Waals surface area contributed by atoms with Crippen molar-refractivity contribution >= 4 is 17.5 Å². The fourth-order valence-electron chi connectivity index (χ4n) is 4.76. The molecule has 0 radical (unpaired) electrons. The Morgan fingerprint density at radius 2 is 2.00 bits per heavy atom. The largest absolute Gasteiger partial charge is 0.293 e. The van der Waals surface area contributed by atoms with Crippen molar-refractivity contribution in [3.8, 4) is 0 Å². The van der Waals surface area contributed by atoms with E-state index in [-0.39, 0.29) is 16.6 Å². The molecule has 136 valence electrons. The number of hydrogen-bond donors (Lipinski definition) is 0. The van der Waals surface area contributed by atoms with Crippen LogP contribution in [0.15, 0.2) is 23.4 Å². The molecule has 1 heterocycles. The number of fused-ring (bicyclic) bond motifs is 5.